The van der Waals surface area contributed by atoms with E-state index in [1.165, 1.54) is 7.76 Å². The van der Waals surface area contributed by atoms with Crippen molar-refractivity contribution in [2.75, 3.05) is 31.2 Å². The highest BCUT2D eigenvalue weighted by atomic mass is 127. The summed E-state index contributed by atoms with van der Waals surface area (Å²) < 4.78 is 12.3. The minimum Gasteiger partial charge on any atom is -0.486 e. The molecular formula is C19H19IN2O4S. The van der Waals surface area contributed by atoms with E-state index in [2.05, 4.69) is 40.0 Å². The van der Waals surface area contributed by atoms with Crippen molar-refractivity contribution in [3.05, 3.63) is 38.1 Å². The molecular weight excluding hydrogens is 479 g/mol. The standard InChI is InChI=1S/C19H19IN2O4S/c20-17-4-2-14(27-17)5-6-21-19(24)12-9-18(23)22(11-12)13-1-3-15-16(10-13)26-8-7-25-15/h1-4,10,12H,5-9,11H2,(H,21,24). The molecule has 1 fully saturated rings. The quantitative estimate of drug-likeness (QED) is 0.645. The lowest BCUT2D eigenvalue weighted by Crippen LogP contribution is -2.34. The summed E-state index contributed by atoms with van der Waals surface area (Å²) in [5.74, 6) is 0.905. The van der Waals surface area contributed by atoms with E-state index in [1.807, 2.05) is 18.2 Å². The number of thiophene rings is 1. The molecule has 0 spiro atoms. The van der Waals surface area contributed by atoms with E-state index in [0.717, 1.165) is 12.1 Å². The SMILES string of the molecule is O=C(NCCc1ccc(I)s1)C1CC(=O)N(c2ccc3c(c2)OCCO3)C1. The van der Waals surface area contributed by atoms with Crippen LogP contribution in [0.2, 0.25) is 0 Å². The van der Waals surface area contributed by atoms with Crippen LogP contribution in [0, 0.1) is 8.80 Å². The topological polar surface area (TPSA) is 67.9 Å². The van der Waals surface area contributed by atoms with Crippen molar-refractivity contribution >= 4 is 51.4 Å². The van der Waals surface area contributed by atoms with Crippen LogP contribution in [-0.4, -0.2) is 38.1 Å². The molecule has 27 heavy (non-hydrogen) atoms. The van der Waals surface area contributed by atoms with Gasteiger partial charge in [-0.3, -0.25) is 9.59 Å². The second-order valence-corrected chi connectivity index (χ2v) is 9.54. The molecule has 0 aliphatic carbocycles. The van der Waals surface area contributed by atoms with Crippen molar-refractivity contribution in [1.82, 2.24) is 5.32 Å². The van der Waals surface area contributed by atoms with Crippen LogP contribution in [0.5, 0.6) is 11.5 Å². The molecule has 6 nitrogen and oxygen atoms in total. The molecule has 1 N–H and O–H groups in total. The zero-order valence-electron chi connectivity index (χ0n) is 14.6. The third-order valence-corrected chi connectivity index (χ3v) is 6.59. The van der Waals surface area contributed by atoms with Crippen LogP contribution in [0.1, 0.15) is 11.3 Å². The van der Waals surface area contributed by atoms with Gasteiger partial charge in [-0.25, -0.2) is 0 Å². The van der Waals surface area contributed by atoms with E-state index in [0.29, 0.717) is 37.8 Å². The summed E-state index contributed by atoms with van der Waals surface area (Å²) in [5, 5.41) is 2.97. The summed E-state index contributed by atoms with van der Waals surface area (Å²) >= 11 is 4.02. The average molecular weight is 498 g/mol. The monoisotopic (exact) mass is 498 g/mol. The van der Waals surface area contributed by atoms with Crippen LogP contribution >= 0.6 is 33.9 Å². The fourth-order valence-electron chi connectivity index (χ4n) is 3.27. The fourth-order valence-corrected chi connectivity index (χ4v) is 5.03. The normalized spacial score (nSPS) is 18.6. The number of benzene rings is 1. The number of ether oxygens (including phenoxy) is 2. The Labute approximate surface area is 175 Å². The molecule has 0 bridgehead atoms. The van der Waals surface area contributed by atoms with Crippen molar-refractivity contribution in [1.29, 1.82) is 0 Å². The van der Waals surface area contributed by atoms with Crippen LogP contribution in [-0.2, 0) is 16.0 Å². The first-order chi connectivity index (χ1) is 13.1. The zero-order chi connectivity index (χ0) is 18.8. The summed E-state index contributed by atoms with van der Waals surface area (Å²) in [6, 6.07) is 9.62. The molecule has 3 heterocycles. The molecule has 0 saturated carbocycles. The van der Waals surface area contributed by atoms with Crippen molar-refractivity contribution in [3.8, 4) is 11.5 Å². The van der Waals surface area contributed by atoms with Gasteiger partial charge in [-0.1, -0.05) is 0 Å². The van der Waals surface area contributed by atoms with Crippen LogP contribution in [0.15, 0.2) is 30.3 Å². The number of nitrogens with zero attached hydrogens (tertiary/aromatic N) is 1. The number of hydrogen-bond acceptors (Lipinski definition) is 5. The smallest absolute Gasteiger partial charge is 0.227 e. The molecule has 1 saturated heterocycles. The number of anilines is 1. The number of fused-ring (bicyclic) bond motifs is 1. The van der Waals surface area contributed by atoms with E-state index in [4.69, 9.17) is 9.47 Å². The molecule has 2 amide bonds. The fraction of sp³-hybridized carbons (Fsp3) is 0.368. The Morgan fingerprint density at radius 2 is 2.04 bits per heavy atom. The first-order valence-electron chi connectivity index (χ1n) is 8.82. The molecule has 2 aromatic rings. The van der Waals surface area contributed by atoms with E-state index in [9.17, 15) is 9.59 Å². The van der Waals surface area contributed by atoms with Crippen LogP contribution in [0.25, 0.3) is 0 Å². The van der Waals surface area contributed by atoms with Gasteiger partial charge in [-0.2, -0.15) is 0 Å². The molecule has 1 atom stereocenters. The summed E-state index contributed by atoms with van der Waals surface area (Å²) in [5.41, 5.74) is 0.743. The number of halogens is 1. The highest BCUT2D eigenvalue weighted by molar-refractivity contribution is 14.1. The lowest BCUT2D eigenvalue weighted by molar-refractivity contribution is -0.126. The van der Waals surface area contributed by atoms with Gasteiger partial charge < -0.3 is 19.7 Å². The van der Waals surface area contributed by atoms with E-state index >= 15 is 0 Å². The first-order valence-corrected chi connectivity index (χ1v) is 10.7. The maximum Gasteiger partial charge on any atom is 0.227 e. The second kappa shape index (κ2) is 8.05. The zero-order valence-corrected chi connectivity index (χ0v) is 17.5. The summed E-state index contributed by atoms with van der Waals surface area (Å²) in [6.45, 7) is 2.01. The largest absolute Gasteiger partial charge is 0.486 e. The maximum absolute atomic E-state index is 12.5. The molecule has 1 aromatic heterocycles. The van der Waals surface area contributed by atoms with Gasteiger partial charge in [0.05, 0.1) is 8.80 Å². The van der Waals surface area contributed by atoms with Gasteiger partial charge in [0.25, 0.3) is 0 Å². The van der Waals surface area contributed by atoms with Crippen molar-refractivity contribution in [2.24, 2.45) is 5.92 Å². The molecule has 1 aromatic carbocycles. The number of amides is 2. The molecule has 8 heteroatoms. The van der Waals surface area contributed by atoms with Crippen LogP contribution < -0.4 is 19.7 Å². The van der Waals surface area contributed by atoms with Gasteiger partial charge in [0.2, 0.25) is 11.8 Å². The molecule has 2 aliphatic heterocycles. The third kappa shape index (κ3) is 4.21. The highest BCUT2D eigenvalue weighted by Crippen LogP contribution is 2.36. The molecule has 4 rings (SSSR count). The minimum atomic E-state index is -0.325. The number of hydrogen-bond donors (Lipinski definition) is 1. The minimum absolute atomic E-state index is 0.0420. The van der Waals surface area contributed by atoms with Gasteiger partial charge in [0, 0.05) is 36.1 Å². The summed E-state index contributed by atoms with van der Waals surface area (Å²) in [4.78, 5) is 27.8. The molecule has 1 unspecified atom stereocenters. The van der Waals surface area contributed by atoms with Crippen LogP contribution in [0.4, 0.5) is 5.69 Å². The van der Waals surface area contributed by atoms with Gasteiger partial charge in [0.15, 0.2) is 11.5 Å². The van der Waals surface area contributed by atoms with E-state index in [-0.39, 0.29) is 24.2 Å². The van der Waals surface area contributed by atoms with Crippen molar-refractivity contribution in [3.63, 3.8) is 0 Å². The highest BCUT2D eigenvalue weighted by Gasteiger charge is 2.35. The van der Waals surface area contributed by atoms with Crippen LogP contribution in [0.3, 0.4) is 0 Å². The Kier molecular flexibility index (Phi) is 5.53. The average Bonchev–Trinajstić information content (AvgIpc) is 3.27. The van der Waals surface area contributed by atoms with Gasteiger partial charge in [0.1, 0.15) is 13.2 Å². The van der Waals surface area contributed by atoms with Gasteiger partial charge >= 0.3 is 0 Å². The predicted octanol–water partition coefficient (Wildman–Crippen LogP) is 2.84. The van der Waals surface area contributed by atoms with E-state index in [1.54, 1.807) is 16.2 Å². The number of rotatable bonds is 5. The second-order valence-electron chi connectivity index (χ2n) is 6.48. The predicted molar refractivity (Wildman–Crippen MR) is 112 cm³/mol. The number of carbonyl (C=O) groups is 2. The first kappa shape index (κ1) is 18.5. The lowest BCUT2D eigenvalue weighted by atomic mass is 10.1. The number of carbonyl (C=O) groups excluding carboxylic acids is 2. The number of nitrogens with one attached hydrogen (secondary N) is 1. The summed E-state index contributed by atoms with van der Waals surface area (Å²) in [7, 11) is 0. The van der Waals surface area contributed by atoms with E-state index < -0.39 is 0 Å². The Balaban J connectivity index is 1.35. The lowest BCUT2D eigenvalue weighted by Gasteiger charge is -2.22. The van der Waals surface area contributed by atoms with Gasteiger partial charge in [-0.15, -0.1) is 11.3 Å². The van der Waals surface area contributed by atoms with Gasteiger partial charge in [-0.05, 0) is 53.3 Å². The van der Waals surface area contributed by atoms with Crippen molar-refractivity contribution < 1.29 is 19.1 Å². The molecule has 0 radical (unpaired) electrons. The Bertz CT molecular complexity index is 869. The Morgan fingerprint density at radius 3 is 2.81 bits per heavy atom. The Morgan fingerprint density at radius 1 is 1.22 bits per heavy atom. The Hall–Kier alpha value is -1.81. The molecule has 2 aliphatic rings. The summed E-state index contributed by atoms with van der Waals surface area (Å²) in [6.07, 6.45) is 1.04. The molecule has 142 valence electrons. The maximum atomic E-state index is 12.5. The van der Waals surface area contributed by atoms with Crippen molar-refractivity contribution in [2.45, 2.75) is 12.8 Å². The third-order valence-electron chi connectivity index (χ3n) is 4.63.